The normalized spacial score (nSPS) is 23.5. The van der Waals surface area contributed by atoms with E-state index in [1.54, 1.807) is 0 Å². The zero-order valence-electron chi connectivity index (χ0n) is 14.2. The summed E-state index contributed by atoms with van der Waals surface area (Å²) in [6.45, 7) is 8.26. The fourth-order valence-electron chi connectivity index (χ4n) is 2.97. The Kier molecular flexibility index (Phi) is 5.99. The molecule has 0 saturated carbocycles. The lowest BCUT2D eigenvalue weighted by Gasteiger charge is -2.23. The van der Waals surface area contributed by atoms with Crippen LogP contribution in [-0.2, 0) is 27.3 Å². The molecule has 3 heterocycles. The Balaban J connectivity index is 1.74. The third kappa shape index (κ3) is 4.50. The van der Waals surface area contributed by atoms with Crippen LogP contribution >= 0.6 is 0 Å². The van der Waals surface area contributed by atoms with E-state index in [-0.39, 0.29) is 6.10 Å². The van der Waals surface area contributed by atoms with Gasteiger partial charge in [0.05, 0.1) is 32.9 Å². The van der Waals surface area contributed by atoms with Crippen molar-refractivity contribution >= 4 is 0 Å². The van der Waals surface area contributed by atoms with Crippen molar-refractivity contribution in [3.8, 4) is 0 Å². The monoisotopic (exact) mass is 324 g/mol. The summed E-state index contributed by atoms with van der Waals surface area (Å²) >= 11 is 0. The Morgan fingerprint density at radius 1 is 1.17 bits per heavy atom. The molecule has 1 aromatic heterocycles. The summed E-state index contributed by atoms with van der Waals surface area (Å²) in [6.07, 6.45) is 2.09. The average Bonchev–Trinajstić information content (AvgIpc) is 2.99. The van der Waals surface area contributed by atoms with Crippen molar-refractivity contribution in [2.45, 2.75) is 44.9 Å². The Bertz CT molecular complexity index is 482. The fourth-order valence-corrected chi connectivity index (χ4v) is 2.97. The molecule has 0 spiro atoms. The van der Waals surface area contributed by atoms with Gasteiger partial charge in [-0.15, -0.1) is 0 Å². The first-order valence-corrected chi connectivity index (χ1v) is 8.65. The van der Waals surface area contributed by atoms with Crippen molar-refractivity contribution in [1.29, 1.82) is 0 Å². The molecule has 1 aromatic rings. The van der Waals surface area contributed by atoms with E-state index in [0.29, 0.717) is 32.3 Å². The van der Waals surface area contributed by atoms with Crippen molar-refractivity contribution in [2.75, 3.05) is 46.6 Å². The van der Waals surface area contributed by atoms with E-state index in [9.17, 15) is 0 Å². The highest BCUT2D eigenvalue weighted by Crippen LogP contribution is 2.24. The Morgan fingerprint density at radius 2 is 2.00 bits per heavy atom. The maximum atomic E-state index is 5.78. The van der Waals surface area contributed by atoms with Gasteiger partial charge in [-0.3, -0.25) is 4.90 Å². The van der Waals surface area contributed by atoms with E-state index in [1.807, 2.05) is 4.68 Å². The van der Waals surface area contributed by atoms with Gasteiger partial charge in [0, 0.05) is 19.1 Å². The summed E-state index contributed by atoms with van der Waals surface area (Å²) in [5.41, 5.74) is 0. The van der Waals surface area contributed by atoms with Gasteiger partial charge in [-0.05, 0) is 26.4 Å². The van der Waals surface area contributed by atoms with Crippen LogP contribution < -0.4 is 0 Å². The minimum atomic E-state index is 0.0682. The van der Waals surface area contributed by atoms with E-state index in [4.69, 9.17) is 24.3 Å². The molecular weight excluding hydrogens is 296 g/mol. The van der Waals surface area contributed by atoms with Gasteiger partial charge in [0.25, 0.3) is 0 Å². The van der Waals surface area contributed by atoms with Crippen molar-refractivity contribution in [3.63, 3.8) is 0 Å². The molecule has 1 atom stereocenters. The van der Waals surface area contributed by atoms with Crippen molar-refractivity contribution < 1.29 is 14.2 Å². The van der Waals surface area contributed by atoms with Gasteiger partial charge >= 0.3 is 0 Å². The summed E-state index contributed by atoms with van der Waals surface area (Å²) in [5.74, 6) is 2.40. The molecule has 7 nitrogen and oxygen atoms in total. The van der Waals surface area contributed by atoms with Gasteiger partial charge in [-0.1, -0.05) is 6.92 Å². The summed E-state index contributed by atoms with van der Waals surface area (Å²) in [6, 6.07) is 0. The molecule has 0 amide bonds. The number of ether oxygens (including phenoxy) is 3. The third-order valence-corrected chi connectivity index (χ3v) is 4.56. The first-order valence-electron chi connectivity index (χ1n) is 8.65. The third-order valence-electron chi connectivity index (χ3n) is 4.56. The van der Waals surface area contributed by atoms with E-state index in [1.165, 1.54) is 0 Å². The molecule has 0 bridgehead atoms. The maximum absolute atomic E-state index is 5.78. The van der Waals surface area contributed by atoms with Gasteiger partial charge in [0.2, 0.25) is 0 Å². The van der Waals surface area contributed by atoms with Gasteiger partial charge < -0.3 is 14.2 Å². The van der Waals surface area contributed by atoms with Crippen LogP contribution in [0.3, 0.4) is 0 Å². The van der Waals surface area contributed by atoms with E-state index >= 15 is 0 Å². The zero-order chi connectivity index (χ0) is 16.1. The largest absolute Gasteiger partial charge is 0.381 e. The number of rotatable bonds is 6. The SMILES string of the molecule is CCN(C)Cc1nc(C2CCOCC2)nn1CC1COCCO1. The number of hydrogen-bond acceptors (Lipinski definition) is 6. The average molecular weight is 324 g/mol. The predicted octanol–water partition coefficient (Wildman–Crippen LogP) is 1.04. The summed E-state index contributed by atoms with van der Waals surface area (Å²) in [5, 5.41) is 4.80. The summed E-state index contributed by atoms with van der Waals surface area (Å²) in [4.78, 5) is 7.09. The van der Waals surface area contributed by atoms with Crippen LogP contribution in [0.4, 0.5) is 0 Å². The Hall–Kier alpha value is -1.02. The Labute approximate surface area is 137 Å². The molecule has 1 unspecified atom stereocenters. The molecular formula is C16H28N4O3. The van der Waals surface area contributed by atoms with E-state index in [0.717, 1.165) is 50.8 Å². The highest BCUT2D eigenvalue weighted by atomic mass is 16.6. The second-order valence-corrected chi connectivity index (χ2v) is 6.35. The molecule has 23 heavy (non-hydrogen) atoms. The molecule has 0 aliphatic carbocycles. The van der Waals surface area contributed by atoms with Crippen LogP contribution in [0, 0.1) is 0 Å². The molecule has 7 heteroatoms. The fraction of sp³-hybridized carbons (Fsp3) is 0.875. The van der Waals surface area contributed by atoms with Crippen LogP contribution in [0.25, 0.3) is 0 Å². The molecule has 0 aromatic carbocycles. The zero-order valence-corrected chi connectivity index (χ0v) is 14.2. The number of nitrogens with zero attached hydrogens (tertiary/aromatic N) is 4. The minimum absolute atomic E-state index is 0.0682. The van der Waals surface area contributed by atoms with Crippen LogP contribution in [0.2, 0.25) is 0 Å². The summed E-state index contributed by atoms with van der Waals surface area (Å²) < 4.78 is 18.8. The standard InChI is InChI=1S/C16H28N4O3/c1-3-19(2)11-15-17-16(13-4-6-21-7-5-13)18-20(15)10-14-12-22-8-9-23-14/h13-14H,3-12H2,1-2H3. The van der Waals surface area contributed by atoms with Gasteiger partial charge in [-0.2, -0.15) is 5.10 Å². The molecule has 2 saturated heterocycles. The smallest absolute Gasteiger partial charge is 0.154 e. The van der Waals surface area contributed by atoms with E-state index < -0.39 is 0 Å². The van der Waals surface area contributed by atoms with Crippen LogP contribution in [0.15, 0.2) is 0 Å². The molecule has 2 aliphatic rings. The van der Waals surface area contributed by atoms with Gasteiger partial charge in [0.15, 0.2) is 5.82 Å². The number of hydrogen-bond donors (Lipinski definition) is 0. The molecule has 130 valence electrons. The quantitative estimate of drug-likeness (QED) is 0.779. The molecule has 2 aliphatic heterocycles. The predicted molar refractivity (Wildman–Crippen MR) is 85.4 cm³/mol. The molecule has 3 rings (SSSR count). The van der Waals surface area contributed by atoms with Crippen molar-refractivity contribution in [2.24, 2.45) is 0 Å². The lowest BCUT2D eigenvalue weighted by atomic mass is 10.00. The van der Waals surface area contributed by atoms with Crippen LogP contribution in [0.5, 0.6) is 0 Å². The summed E-state index contributed by atoms with van der Waals surface area (Å²) in [7, 11) is 2.10. The lowest BCUT2D eigenvalue weighted by Crippen LogP contribution is -2.33. The van der Waals surface area contributed by atoms with Crippen molar-refractivity contribution in [1.82, 2.24) is 19.7 Å². The molecule has 2 fully saturated rings. The minimum Gasteiger partial charge on any atom is -0.381 e. The molecule has 0 radical (unpaired) electrons. The van der Waals surface area contributed by atoms with Gasteiger partial charge in [0.1, 0.15) is 11.9 Å². The first-order chi connectivity index (χ1) is 11.3. The second-order valence-electron chi connectivity index (χ2n) is 6.35. The van der Waals surface area contributed by atoms with Crippen LogP contribution in [0.1, 0.15) is 37.3 Å². The lowest BCUT2D eigenvalue weighted by molar-refractivity contribution is -0.0950. The Morgan fingerprint density at radius 3 is 2.70 bits per heavy atom. The highest BCUT2D eigenvalue weighted by Gasteiger charge is 2.24. The van der Waals surface area contributed by atoms with Crippen molar-refractivity contribution in [3.05, 3.63) is 11.6 Å². The maximum Gasteiger partial charge on any atom is 0.154 e. The first kappa shape index (κ1) is 16.8. The topological polar surface area (TPSA) is 61.6 Å². The van der Waals surface area contributed by atoms with E-state index in [2.05, 4.69) is 18.9 Å². The highest BCUT2D eigenvalue weighted by molar-refractivity contribution is 5.01. The molecule has 0 N–H and O–H groups in total. The van der Waals surface area contributed by atoms with Crippen LogP contribution in [-0.4, -0.2) is 72.4 Å². The van der Waals surface area contributed by atoms with Gasteiger partial charge in [-0.25, -0.2) is 9.67 Å². The number of aromatic nitrogens is 3. The second kappa shape index (κ2) is 8.19.